The molecule has 24 heavy (non-hydrogen) atoms. The lowest BCUT2D eigenvalue weighted by atomic mass is 10.3. The molecule has 0 saturated carbocycles. The molecule has 1 aromatic carbocycles. The molecule has 2 heterocycles. The van der Waals surface area contributed by atoms with Crippen molar-refractivity contribution in [2.24, 2.45) is 4.99 Å². The molecule has 2 aromatic heterocycles. The van der Waals surface area contributed by atoms with Crippen molar-refractivity contribution in [3.8, 4) is 0 Å². The van der Waals surface area contributed by atoms with Gasteiger partial charge < -0.3 is 4.57 Å². The summed E-state index contributed by atoms with van der Waals surface area (Å²) in [6, 6.07) is 8.22. The third-order valence-corrected chi connectivity index (χ3v) is 5.64. The maximum Gasteiger partial charge on any atom is 0.270 e. The molecule has 0 unspecified atom stereocenters. The van der Waals surface area contributed by atoms with E-state index in [0.29, 0.717) is 15.7 Å². The van der Waals surface area contributed by atoms with Gasteiger partial charge in [-0.25, -0.2) is 0 Å². The average Bonchev–Trinajstić information content (AvgIpc) is 3.08. The first-order chi connectivity index (χ1) is 11.5. The predicted molar refractivity (Wildman–Crippen MR) is 95.7 cm³/mol. The summed E-state index contributed by atoms with van der Waals surface area (Å²) >= 11 is 8.49. The van der Waals surface area contributed by atoms with Crippen LogP contribution < -0.4 is 4.80 Å². The van der Waals surface area contributed by atoms with Gasteiger partial charge in [-0.05, 0) is 25.1 Å². The Morgan fingerprint density at radius 3 is 2.75 bits per heavy atom. The minimum absolute atomic E-state index is 0.0260. The number of nitro benzene ring substituents is 1. The Hall–Kier alpha value is -2.03. The molecule has 124 valence electrons. The molecule has 0 N–H and O–H groups in total. The number of nitro groups is 1. The maximum absolute atomic E-state index is 12.2. The van der Waals surface area contributed by atoms with Crippen LogP contribution in [-0.2, 0) is 17.8 Å². The van der Waals surface area contributed by atoms with Crippen molar-refractivity contribution in [2.45, 2.75) is 19.9 Å². The van der Waals surface area contributed by atoms with E-state index in [1.54, 1.807) is 12.1 Å². The fourth-order valence-electron chi connectivity index (χ4n) is 2.31. The van der Waals surface area contributed by atoms with Crippen molar-refractivity contribution < 1.29 is 9.72 Å². The molecule has 0 spiro atoms. The number of benzene rings is 1. The van der Waals surface area contributed by atoms with Gasteiger partial charge in [-0.3, -0.25) is 14.9 Å². The number of fused-ring (bicyclic) bond motifs is 1. The van der Waals surface area contributed by atoms with Gasteiger partial charge in [-0.1, -0.05) is 22.9 Å². The van der Waals surface area contributed by atoms with Crippen LogP contribution in [0.4, 0.5) is 5.69 Å². The van der Waals surface area contributed by atoms with E-state index in [-0.39, 0.29) is 18.0 Å². The van der Waals surface area contributed by atoms with Gasteiger partial charge in [0.25, 0.3) is 11.6 Å². The minimum Gasteiger partial charge on any atom is -0.317 e. The highest BCUT2D eigenvalue weighted by Gasteiger charge is 2.12. The van der Waals surface area contributed by atoms with Gasteiger partial charge in [-0.15, -0.1) is 11.3 Å². The summed E-state index contributed by atoms with van der Waals surface area (Å²) in [5.74, 6) is -0.267. The number of carbonyl (C=O) groups excluding carboxylic acids is 1. The highest BCUT2D eigenvalue weighted by atomic mass is 35.5. The summed E-state index contributed by atoms with van der Waals surface area (Å²) in [5, 5.41) is 10.9. The number of hydrogen-bond donors (Lipinski definition) is 0. The summed E-state index contributed by atoms with van der Waals surface area (Å²) in [6.45, 7) is 2.56. The van der Waals surface area contributed by atoms with Crippen molar-refractivity contribution in [3.63, 3.8) is 0 Å². The number of non-ortho nitro benzene ring substituents is 1. The van der Waals surface area contributed by atoms with Crippen LogP contribution in [0.3, 0.4) is 0 Å². The van der Waals surface area contributed by atoms with Crippen LogP contribution in [-0.4, -0.2) is 15.4 Å². The van der Waals surface area contributed by atoms with Gasteiger partial charge in [0.1, 0.15) is 0 Å². The van der Waals surface area contributed by atoms with Crippen LogP contribution in [0.25, 0.3) is 10.2 Å². The van der Waals surface area contributed by atoms with E-state index in [0.717, 1.165) is 15.1 Å². The molecule has 0 bridgehead atoms. The lowest BCUT2D eigenvalue weighted by Crippen LogP contribution is -2.16. The number of aryl methyl sites for hydroxylation is 1. The molecular weight excluding hydrogens is 370 g/mol. The fourth-order valence-corrected chi connectivity index (χ4v) is 4.53. The Morgan fingerprint density at radius 2 is 2.12 bits per heavy atom. The Kier molecular flexibility index (Phi) is 4.79. The van der Waals surface area contributed by atoms with Gasteiger partial charge in [0, 0.05) is 23.6 Å². The van der Waals surface area contributed by atoms with Crippen LogP contribution in [0.15, 0.2) is 35.3 Å². The quantitative estimate of drug-likeness (QED) is 0.506. The number of aromatic nitrogens is 1. The lowest BCUT2D eigenvalue weighted by molar-refractivity contribution is -0.384. The number of carbonyl (C=O) groups is 1. The SMILES string of the molecule is CCn1c(=NC(=O)Cc2ccc(Cl)s2)sc2cc([N+](=O)[O-])ccc21. The Bertz CT molecular complexity index is 1000. The normalized spacial score (nSPS) is 12.0. The first kappa shape index (κ1) is 16.8. The van der Waals surface area contributed by atoms with Crippen LogP contribution in [0, 0.1) is 10.1 Å². The van der Waals surface area contributed by atoms with Gasteiger partial charge in [0.2, 0.25) is 0 Å². The first-order valence-electron chi connectivity index (χ1n) is 7.07. The molecule has 0 radical (unpaired) electrons. The molecule has 0 aliphatic carbocycles. The zero-order valence-corrected chi connectivity index (χ0v) is 15.0. The topological polar surface area (TPSA) is 77.5 Å². The van der Waals surface area contributed by atoms with Gasteiger partial charge in [0.05, 0.1) is 25.9 Å². The van der Waals surface area contributed by atoms with E-state index >= 15 is 0 Å². The Labute approximate surface area is 149 Å². The predicted octanol–water partition coefficient (Wildman–Crippen LogP) is 4.02. The summed E-state index contributed by atoms with van der Waals surface area (Å²) in [5.41, 5.74) is 0.858. The van der Waals surface area contributed by atoms with Crippen LogP contribution in [0.2, 0.25) is 4.34 Å². The standard InChI is InChI=1S/C15H12ClN3O3S2/c1-2-18-11-5-3-9(19(21)22)7-12(11)24-15(18)17-14(20)8-10-4-6-13(16)23-10/h3-7H,2,8H2,1H3. The number of halogens is 1. The molecule has 0 aliphatic rings. The van der Waals surface area contributed by atoms with Crippen molar-refractivity contribution in [1.82, 2.24) is 4.57 Å². The summed E-state index contributed by atoms with van der Waals surface area (Å²) in [6.07, 6.45) is 0.190. The van der Waals surface area contributed by atoms with Gasteiger partial charge in [-0.2, -0.15) is 4.99 Å². The fraction of sp³-hybridized carbons (Fsp3) is 0.200. The maximum atomic E-state index is 12.2. The summed E-state index contributed by atoms with van der Waals surface area (Å²) < 4.78 is 3.25. The molecule has 0 atom stereocenters. The Morgan fingerprint density at radius 1 is 1.33 bits per heavy atom. The molecule has 0 aliphatic heterocycles. The highest BCUT2D eigenvalue weighted by Crippen LogP contribution is 2.24. The van der Waals surface area contributed by atoms with E-state index < -0.39 is 4.92 Å². The van der Waals surface area contributed by atoms with E-state index in [4.69, 9.17) is 11.6 Å². The number of rotatable bonds is 4. The second-order valence-corrected chi connectivity index (χ2v) is 7.73. The third kappa shape index (κ3) is 3.40. The molecule has 1 amide bonds. The summed E-state index contributed by atoms with van der Waals surface area (Å²) in [7, 11) is 0. The van der Waals surface area contributed by atoms with Crippen molar-refractivity contribution >= 4 is 56.1 Å². The molecular formula is C15H12ClN3O3S2. The van der Waals surface area contributed by atoms with Crippen molar-refractivity contribution in [1.29, 1.82) is 0 Å². The van der Waals surface area contributed by atoms with Crippen LogP contribution in [0.5, 0.6) is 0 Å². The second kappa shape index (κ2) is 6.84. The van der Waals surface area contributed by atoms with E-state index in [1.165, 1.54) is 34.8 Å². The smallest absolute Gasteiger partial charge is 0.270 e. The minimum atomic E-state index is -0.433. The highest BCUT2D eigenvalue weighted by molar-refractivity contribution is 7.16. The van der Waals surface area contributed by atoms with Crippen LogP contribution >= 0.6 is 34.3 Å². The molecule has 6 nitrogen and oxygen atoms in total. The van der Waals surface area contributed by atoms with Crippen molar-refractivity contribution in [2.75, 3.05) is 0 Å². The molecule has 0 saturated heterocycles. The number of thiazole rings is 1. The number of nitrogens with zero attached hydrogens (tertiary/aromatic N) is 3. The number of thiophene rings is 1. The van der Waals surface area contributed by atoms with E-state index in [9.17, 15) is 14.9 Å². The molecule has 0 fully saturated rings. The molecule has 9 heteroatoms. The largest absolute Gasteiger partial charge is 0.317 e. The zero-order chi connectivity index (χ0) is 17.3. The second-order valence-electron chi connectivity index (χ2n) is 4.93. The average molecular weight is 382 g/mol. The van der Waals surface area contributed by atoms with Crippen LogP contribution in [0.1, 0.15) is 11.8 Å². The zero-order valence-electron chi connectivity index (χ0n) is 12.6. The van der Waals surface area contributed by atoms with Crippen molar-refractivity contribution in [3.05, 3.63) is 54.5 Å². The third-order valence-electron chi connectivity index (χ3n) is 3.37. The van der Waals surface area contributed by atoms with Gasteiger partial charge >= 0.3 is 0 Å². The van der Waals surface area contributed by atoms with E-state index in [2.05, 4.69) is 4.99 Å². The Balaban J connectivity index is 2.00. The lowest BCUT2D eigenvalue weighted by Gasteiger charge is -1.99. The monoisotopic (exact) mass is 381 g/mol. The summed E-state index contributed by atoms with van der Waals surface area (Å²) in [4.78, 5) is 28.2. The van der Waals surface area contributed by atoms with E-state index in [1.807, 2.05) is 17.6 Å². The number of hydrogen-bond acceptors (Lipinski definition) is 5. The number of amides is 1. The molecule has 3 rings (SSSR count). The molecule has 3 aromatic rings. The first-order valence-corrected chi connectivity index (χ1v) is 9.08. The van der Waals surface area contributed by atoms with Gasteiger partial charge in [0.15, 0.2) is 4.80 Å².